The summed E-state index contributed by atoms with van der Waals surface area (Å²) in [4.78, 5) is 12.4. The Labute approximate surface area is 114 Å². The van der Waals surface area contributed by atoms with Crippen LogP contribution in [0, 0.1) is 5.92 Å². The molecular weight excluding hydrogens is 250 g/mol. The lowest BCUT2D eigenvalue weighted by molar-refractivity contribution is 0.408. The zero-order chi connectivity index (χ0) is 13.7. The minimum Gasteiger partial charge on any atom is -0.368 e. The largest absolute Gasteiger partial charge is 0.368 e. The molecule has 1 rings (SSSR count). The molecule has 0 amide bonds. The Morgan fingerprint density at radius 3 is 2.56 bits per heavy atom. The van der Waals surface area contributed by atoms with Gasteiger partial charge in [0.2, 0.25) is 5.95 Å². The summed E-state index contributed by atoms with van der Waals surface area (Å²) < 4.78 is 0. The standard InChI is InChI=1S/C12H22ClN5/c1-9(2)8-18(6-5-17(3)4)11-10(13)7-15-12(14)16-11/h7,9H,5-6,8H2,1-4H3,(H2,14,15,16). The smallest absolute Gasteiger partial charge is 0.222 e. The fraction of sp³-hybridized carbons (Fsp3) is 0.667. The van der Waals surface area contributed by atoms with E-state index in [0.29, 0.717) is 10.9 Å². The number of hydrogen-bond acceptors (Lipinski definition) is 5. The van der Waals surface area contributed by atoms with Crippen molar-refractivity contribution in [1.29, 1.82) is 0 Å². The number of nitrogens with two attached hydrogens (primary N) is 1. The predicted molar refractivity (Wildman–Crippen MR) is 77.1 cm³/mol. The predicted octanol–water partition coefficient (Wildman–Crippen LogP) is 1.74. The minimum atomic E-state index is 0.257. The van der Waals surface area contributed by atoms with Gasteiger partial charge in [-0.05, 0) is 20.0 Å². The molecule has 0 fully saturated rings. The lowest BCUT2D eigenvalue weighted by Gasteiger charge is -2.27. The molecule has 2 N–H and O–H groups in total. The number of halogens is 1. The van der Waals surface area contributed by atoms with Crippen LogP contribution in [-0.4, -0.2) is 48.6 Å². The maximum atomic E-state index is 6.15. The number of anilines is 2. The zero-order valence-electron chi connectivity index (χ0n) is 11.5. The van der Waals surface area contributed by atoms with Crippen molar-refractivity contribution in [1.82, 2.24) is 14.9 Å². The van der Waals surface area contributed by atoms with Gasteiger partial charge in [0.05, 0.1) is 6.20 Å². The average Bonchev–Trinajstić information content (AvgIpc) is 2.27. The summed E-state index contributed by atoms with van der Waals surface area (Å²) in [7, 11) is 4.09. The van der Waals surface area contributed by atoms with E-state index < -0.39 is 0 Å². The summed E-state index contributed by atoms with van der Waals surface area (Å²) in [5.41, 5.74) is 5.63. The van der Waals surface area contributed by atoms with Gasteiger partial charge in [0, 0.05) is 19.6 Å². The van der Waals surface area contributed by atoms with Crippen molar-refractivity contribution >= 4 is 23.4 Å². The van der Waals surface area contributed by atoms with Crippen LogP contribution in [0.5, 0.6) is 0 Å². The highest BCUT2D eigenvalue weighted by molar-refractivity contribution is 6.32. The summed E-state index contributed by atoms with van der Waals surface area (Å²) in [6, 6.07) is 0. The van der Waals surface area contributed by atoms with E-state index >= 15 is 0 Å². The van der Waals surface area contributed by atoms with E-state index in [1.807, 2.05) is 14.1 Å². The summed E-state index contributed by atoms with van der Waals surface area (Å²) in [5, 5.41) is 0.545. The third kappa shape index (κ3) is 4.66. The Bertz CT molecular complexity index is 381. The quantitative estimate of drug-likeness (QED) is 0.854. The molecule has 18 heavy (non-hydrogen) atoms. The van der Waals surface area contributed by atoms with Gasteiger partial charge in [0.15, 0.2) is 5.82 Å². The molecule has 0 aromatic carbocycles. The van der Waals surface area contributed by atoms with E-state index in [9.17, 15) is 0 Å². The van der Waals surface area contributed by atoms with Crippen LogP contribution < -0.4 is 10.6 Å². The molecule has 0 bridgehead atoms. The molecule has 1 aromatic rings. The van der Waals surface area contributed by atoms with Crippen molar-refractivity contribution in [2.75, 3.05) is 44.4 Å². The van der Waals surface area contributed by atoms with Crippen molar-refractivity contribution in [3.8, 4) is 0 Å². The Balaban J connectivity index is 2.89. The summed E-state index contributed by atoms with van der Waals surface area (Å²) >= 11 is 6.15. The van der Waals surface area contributed by atoms with Crippen LogP contribution >= 0.6 is 11.6 Å². The molecule has 6 heteroatoms. The molecule has 0 unspecified atom stereocenters. The summed E-state index contributed by atoms with van der Waals surface area (Å²) in [6.07, 6.45) is 1.56. The van der Waals surface area contributed by atoms with Crippen LogP contribution in [-0.2, 0) is 0 Å². The van der Waals surface area contributed by atoms with Crippen LogP contribution in [0.25, 0.3) is 0 Å². The van der Waals surface area contributed by atoms with Crippen LogP contribution in [0.1, 0.15) is 13.8 Å². The van der Waals surface area contributed by atoms with Crippen LogP contribution in [0.2, 0.25) is 5.02 Å². The first-order valence-electron chi connectivity index (χ1n) is 6.08. The molecule has 102 valence electrons. The van der Waals surface area contributed by atoms with Crippen molar-refractivity contribution < 1.29 is 0 Å². The number of nitrogens with zero attached hydrogens (tertiary/aromatic N) is 4. The van der Waals surface area contributed by atoms with Crippen molar-refractivity contribution in [3.63, 3.8) is 0 Å². The summed E-state index contributed by atoms with van der Waals surface area (Å²) in [5.74, 6) is 1.51. The number of nitrogen functional groups attached to an aromatic ring is 1. The maximum Gasteiger partial charge on any atom is 0.222 e. The number of aromatic nitrogens is 2. The third-order valence-corrected chi connectivity index (χ3v) is 2.71. The van der Waals surface area contributed by atoms with Gasteiger partial charge >= 0.3 is 0 Å². The van der Waals surface area contributed by atoms with Crippen molar-refractivity contribution in [2.24, 2.45) is 5.92 Å². The van der Waals surface area contributed by atoms with E-state index in [-0.39, 0.29) is 5.95 Å². The first-order chi connectivity index (χ1) is 8.40. The summed E-state index contributed by atoms with van der Waals surface area (Å²) in [6.45, 7) is 7.03. The van der Waals surface area contributed by atoms with Crippen molar-refractivity contribution in [2.45, 2.75) is 13.8 Å². The van der Waals surface area contributed by atoms with Crippen LogP contribution in [0.3, 0.4) is 0 Å². The van der Waals surface area contributed by atoms with E-state index in [1.165, 1.54) is 0 Å². The Kier molecular flexibility index (Phi) is 5.62. The molecule has 0 aliphatic carbocycles. The van der Waals surface area contributed by atoms with E-state index in [0.717, 1.165) is 25.5 Å². The number of rotatable bonds is 6. The Hall–Kier alpha value is -1.07. The fourth-order valence-corrected chi connectivity index (χ4v) is 1.85. The SMILES string of the molecule is CC(C)CN(CCN(C)C)c1nc(N)ncc1Cl. The van der Waals surface area contributed by atoms with Crippen LogP contribution in [0.4, 0.5) is 11.8 Å². The number of likely N-dealkylation sites (N-methyl/N-ethyl adjacent to an activating group) is 1. The molecule has 5 nitrogen and oxygen atoms in total. The van der Waals surface area contributed by atoms with E-state index in [4.69, 9.17) is 17.3 Å². The maximum absolute atomic E-state index is 6.15. The number of hydrogen-bond donors (Lipinski definition) is 1. The molecule has 0 aliphatic rings. The lowest BCUT2D eigenvalue weighted by Crippen LogP contribution is -2.35. The van der Waals surface area contributed by atoms with Crippen LogP contribution in [0.15, 0.2) is 6.20 Å². The molecule has 0 saturated carbocycles. The monoisotopic (exact) mass is 271 g/mol. The zero-order valence-corrected chi connectivity index (χ0v) is 12.3. The highest BCUT2D eigenvalue weighted by Gasteiger charge is 2.14. The van der Waals surface area contributed by atoms with E-state index in [2.05, 4.69) is 33.6 Å². The lowest BCUT2D eigenvalue weighted by atomic mass is 10.2. The highest BCUT2D eigenvalue weighted by Crippen LogP contribution is 2.23. The minimum absolute atomic E-state index is 0.257. The first kappa shape index (κ1) is 15.0. The second-order valence-corrected chi connectivity index (χ2v) is 5.45. The molecule has 0 atom stereocenters. The molecular formula is C12H22ClN5. The molecule has 0 aliphatic heterocycles. The third-order valence-electron chi connectivity index (χ3n) is 2.45. The second-order valence-electron chi connectivity index (χ2n) is 5.04. The average molecular weight is 272 g/mol. The molecule has 1 heterocycles. The van der Waals surface area contributed by atoms with Gasteiger partial charge in [0.25, 0.3) is 0 Å². The van der Waals surface area contributed by atoms with Gasteiger partial charge in [-0.1, -0.05) is 25.4 Å². The van der Waals surface area contributed by atoms with Gasteiger partial charge in [0.1, 0.15) is 5.02 Å². The fourth-order valence-electron chi connectivity index (χ4n) is 1.64. The van der Waals surface area contributed by atoms with Gasteiger partial charge in [-0.15, -0.1) is 0 Å². The highest BCUT2D eigenvalue weighted by atomic mass is 35.5. The molecule has 0 radical (unpaired) electrons. The van der Waals surface area contributed by atoms with Gasteiger partial charge in [-0.2, -0.15) is 4.98 Å². The normalized spacial score (nSPS) is 11.3. The molecule has 1 aromatic heterocycles. The van der Waals surface area contributed by atoms with Gasteiger partial charge in [-0.25, -0.2) is 4.98 Å². The Morgan fingerprint density at radius 1 is 1.33 bits per heavy atom. The van der Waals surface area contributed by atoms with Crippen molar-refractivity contribution in [3.05, 3.63) is 11.2 Å². The first-order valence-corrected chi connectivity index (χ1v) is 6.45. The second kappa shape index (κ2) is 6.75. The Morgan fingerprint density at radius 2 is 2.00 bits per heavy atom. The molecule has 0 saturated heterocycles. The molecule has 0 spiro atoms. The van der Waals surface area contributed by atoms with Gasteiger partial charge in [-0.3, -0.25) is 0 Å². The topological polar surface area (TPSA) is 58.3 Å². The van der Waals surface area contributed by atoms with Gasteiger partial charge < -0.3 is 15.5 Å². The van der Waals surface area contributed by atoms with E-state index in [1.54, 1.807) is 6.20 Å².